The number of benzene rings is 2. The van der Waals surface area contributed by atoms with Crippen LogP contribution >= 0.6 is 0 Å². The number of hydrogen-bond donors (Lipinski definition) is 1. The van der Waals surface area contributed by atoms with Gasteiger partial charge in [-0.25, -0.2) is 13.5 Å². The minimum absolute atomic E-state index is 0. The van der Waals surface area contributed by atoms with Gasteiger partial charge in [0, 0.05) is 50.6 Å². The average molecular weight is 440 g/mol. The van der Waals surface area contributed by atoms with E-state index >= 15 is 0 Å². The average Bonchev–Trinajstić information content (AvgIpc) is 3.43. The van der Waals surface area contributed by atoms with Crippen LogP contribution in [0.15, 0.2) is 42.7 Å². The Balaban J connectivity index is 0.00000228. The standard InChI is InChI=1S/C23H24F2N6O.H2/c1-14-2-17(27-23-26-13-31(28-23)19-5-15(24)4-16(25)6-19)7-18(3-14)29-9-21(10-29)30-11-22-8-20(30)12-32-22;/h2-7,13,20-22H,8-12H2,1H3,(H,27,28);1H. The van der Waals surface area contributed by atoms with Crippen molar-refractivity contribution < 1.29 is 14.9 Å². The fraction of sp³-hybridized carbons (Fsp3) is 0.391. The van der Waals surface area contributed by atoms with Gasteiger partial charge in [0.1, 0.15) is 18.0 Å². The fourth-order valence-electron chi connectivity index (χ4n) is 5.02. The summed E-state index contributed by atoms with van der Waals surface area (Å²) in [5.74, 6) is -0.952. The first-order valence-electron chi connectivity index (χ1n) is 10.9. The molecule has 9 heteroatoms. The lowest BCUT2D eigenvalue weighted by Crippen LogP contribution is -2.62. The van der Waals surface area contributed by atoms with E-state index in [1.165, 1.54) is 29.6 Å². The van der Waals surface area contributed by atoms with Crippen molar-refractivity contribution in [2.24, 2.45) is 0 Å². The van der Waals surface area contributed by atoms with E-state index in [9.17, 15) is 8.78 Å². The number of hydrogen-bond acceptors (Lipinski definition) is 6. The fourth-order valence-corrected chi connectivity index (χ4v) is 5.02. The zero-order chi connectivity index (χ0) is 21.8. The highest BCUT2D eigenvalue weighted by molar-refractivity contribution is 5.65. The number of anilines is 3. The molecule has 0 amide bonds. The summed E-state index contributed by atoms with van der Waals surface area (Å²) in [6.45, 7) is 6.04. The van der Waals surface area contributed by atoms with E-state index in [0.29, 0.717) is 24.1 Å². The smallest absolute Gasteiger partial charge is 0.246 e. The molecule has 3 aromatic rings. The third-order valence-electron chi connectivity index (χ3n) is 6.56. The first-order valence-corrected chi connectivity index (χ1v) is 10.9. The van der Waals surface area contributed by atoms with Crippen LogP contribution in [0.4, 0.5) is 26.1 Å². The second-order valence-electron chi connectivity index (χ2n) is 8.92. The molecule has 1 N–H and O–H groups in total. The molecule has 0 radical (unpaired) electrons. The maximum absolute atomic E-state index is 13.5. The molecule has 168 valence electrons. The largest absolute Gasteiger partial charge is 0.375 e. The first kappa shape index (κ1) is 19.6. The third kappa shape index (κ3) is 3.61. The number of halogens is 2. The second-order valence-corrected chi connectivity index (χ2v) is 8.92. The molecule has 2 bridgehead atoms. The van der Waals surface area contributed by atoms with Crippen molar-refractivity contribution in [2.45, 2.75) is 31.5 Å². The van der Waals surface area contributed by atoms with Crippen LogP contribution in [0, 0.1) is 18.6 Å². The van der Waals surface area contributed by atoms with Crippen LogP contribution in [-0.2, 0) is 4.74 Å². The molecule has 3 aliphatic heterocycles. The minimum Gasteiger partial charge on any atom is -0.375 e. The number of nitrogens with one attached hydrogen (secondary N) is 1. The van der Waals surface area contributed by atoms with Crippen LogP contribution in [0.5, 0.6) is 0 Å². The van der Waals surface area contributed by atoms with Gasteiger partial charge in [0.05, 0.1) is 18.4 Å². The summed E-state index contributed by atoms with van der Waals surface area (Å²) in [7, 11) is 0. The van der Waals surface area contributed by atoms with Crippen LogP contribution in [0.3, 0.4) is 0 Å². The van der Waals surface area contributed by atoms with Gasteiger partial charge in [-0.05, 0) is 49.2 Å². The number of aromatic nitrogens is 3. The number of fused-ring (bicyclic) bond motifs is 2. The molecule has 2 atom stereocenters. The number of nitrogens with zero attached hydrogens (tertiary/aromatic N) is 5. The summed E-state index contributed by atoms with van der Waals surface area (Å²) in [4.78, 5) is 9.24. The molecule has 2 aromatic carbocycles. The summed E-state index contributed by atoms with van der Waals surface area (Å²) < 4.78 is 34.1. The molecule has 4 heterocycles. The molecular weight excluding hydrogens is 414 g/mol. The van der Waals surface area contributed by atoms with Crippen LogP contribution in [0.2, 0.25) is 0 Å². The van der Waals surface area contributed by atoms with Crippen LogP contribution in [0.1, 0.15) is 13.4 Å². The van der Waals surface area contributed by atoms with E-state index in [2.05, 4.69) is 44.3 Å². The highest BCUT2D eigenvalue weighted by atomic mass is 19.1. The van der Waals surface area contributed by atoms with Gasteiger partial charge >= 0.3 is 0 Å². The monoisotopic (exact) mass is 440 g/mol. The van der Waals surface area contributed by atoms with Gasteiger partial charge in [-0.1, -0.05) is 0 Å². The number of morpholine rings is 1. The van der Waals surface area contributed by atoms with E-state index in [4.69, 9.17) is 4.74 Å². The van der Waals surface area contributed by atoms with Crippen molar-refractivity contribution >= 4 is 17.3 Å². The first-order chi connectivity index (χ1) is 15.5. The van der Waals surface area contributed by atoms with E-state index in [-0.39, 0.29) is 7.11 Å². The third-order valence-corrected chi connectivity index (χ3v) is 6.56. The number of aryl methyl sites for hydroxylation is 1. The SMILES string of the molecule is Cc1cc(Nc2ncn(-c3cc(F)cc(F)c3)n2)cc(N2CC(N3CC4CC3CO4)C2)c1.[HH]. The van der Waals surface area contributed by atoms with Crippen molar-refractivity contribution in [3.63, 3.8) is 0 Å². The highest BCUT2D eigenvalue weighted by Crippen LogP contribution is 2.35. The molecule has 32 heavy (non-hydrogen) atoms. The Morgan fingerprint density at radius 3 is 2.53 bits per heavy atom. The lowest BCUT2D eigenvalue weighted by molar-refractivity contribution is 0.00572. The van der Waals surface area contributed by atoms with Crippen molar-refractivity contribution in [2.75, 3.05) is 36.5 Å². The predicted octanol–water partition coefficient (Wildman–Crippen LogP) is 3.51. The van der Waals surface area contributed by atoms with Crippen molar-refractivity contribution in [3.8, 4) is 5.69 Å². The topological polar surface area (TPSA) is 58.5 Å². The zero-order valence-electron chi connectivity index (χ0n) is 17.7. The molecule has 7 nitrogen and oxygen atoms in total. The quantitative estimate of drug-likeness (QED) is 0.655. The molecular formula is C23H26F2N6O. The van der Waals surface area contributed by atoms with Crippen LogP contribution < -0.4 is 10.2 Å². The predicted molar refractivity (Wildman–Crippen MR) is 119 cm³/mol. The van der Waals surface area contributed by atoms with Gasteiger partial charge in [0.25, 0.3) is 0 Å². The summed E-state index contributed by atoms with van der Waals surface area (Å²) in [6, 6.07) is 10.7. The lowest BCUT2D eigenvalue weighted by atomic mass is 10.0. The normalized spacial score (nSPS) is 23.0. The van der Waals surface area contributed by atoms with Gasteiger partial charge in [0.15, 0.2) is 0 Å². The van der Waals surface area contributed by atoms with Gasteiger partial charge in [-0.15, -0.1) is 5.10 Å². The van der Waals surface area contributed by atoms with Gasteiger partial charge in [-0.2, -0.15) is 4.98 Å². The van der Waals surface area contributed by atoms with Crippen LogP contribution in [-0.4, -0.2) is 64.1 Å². The summed E-state index contributed by atoms with van der Waals surface area (Å²) >= 11 is 0. The Bertz CT molecular complexity index is 1150. The molecule has 0 spiro atoms. The zero-order valence-corrected chi connectivity index (χ0v) is 17.7. The Morgan fingerprint density at radius 1 is 1.00 bits per heavy atom. The molecule has 3 aliphatic rings. The van der Waals surface area contributed by atoms with Gasteiger partial charge in [-0.3, -0.25) is 4.90 Å². The number of rotatable bonds is 5. The number of likely N-dealkylation sites (tertiary alicyclic amines) is 1. The minimum atomic E-state index is -0.657. The van der Waals surface area contributed by atoms with Crippen LogP contribution in [0.25, 0.3) is 5.69 Å². The van der Waals surface area contributed by atoms with E-state index in [0.717, 1.165) is 49.2 Å². The maximum atomic E-state index is 13.5. The maximum Gasteiger partial charge on any atom is 0.246 e. The highest BCUT2D eigenvalue weighted by Gasteiger charge is 2.45. The molecule has 3 fully saturated rings. The Morgan fingerprint density at radius 2 is 1.81 bits per heavy atom. The van der Waals surface area contributed by atoms with Gasteiger partial charge < -0.3 is 15.0 Å². The Kier molecular flexibility index (Phi) is 4.62. The van der Waals surface area contributed by atoms with E-state index in [1.807, 2.05) is 6.07 Å². The molecule has 1 aromatic heterocycles. The van der Waals surface area contributed by atoms with Crippen molar-refractivity contribution in [1.82, 2.24) is 19.7 Å². The summed E-state index contributed by atoms with van der Waals surface area (Å²) in [5.41, 5.74) is 3.45. The molecule has 3 saturated heterocycles. The summed E-state index contributed by atoms with van der Waals surface area (Å²) in [5, 5.41) is 7.52. The Hall–Kier alpha value is -3.04. The number of ether oxygens (including phenoxy) is 1. The van der Waals surface area contributed by atoms with Gasteiger partial charge in [0.2, 0.25) is 5.95 Å². The molecule has 0 saturated carbocycles. The molecule has 2 unspecified atom stereocenters. The lowest BCUT2D eigenvalue weighted by Gasteiger charge is -2.48. The van der Waals surface area contributed by atoms with E-state index < -0.39 is 11.6 Å². The van der Waals surface area contributed by atoms with Crippen molar-refractivity contribution in [1.29, 1.82) is 0 Å². The second kappa shape index (κ2) is 7.53. The molecule has 6 rings (SSSR count). The van der Waals surface area contributed by atoms with Crippen molar-refractivity contribution in [3.05, 3.63) is 59.9 Å². The molecule has 0 aliphatic carbocycles. The van der Waals surface area contributed by atoms with E-state index in [1.54, 1.807) is 0 Å². The summed E-state index contributed by atoms with van der Waals surface area (Å²) in [6.07, 6.45) is 3.04. The Labute approximate surface area is 186 Å².